The van der Waals surface area contributed by atoms with Gasteiger partial charge in [0.05, 0.1) is 5.56 Å². The van der Waals surface area contributed by atoms with Crippen molar-refractivity contribution in [2.24, 2.45) is 0 Å². The van der Waals surface area contributed by atoms with Crippen LogP contribution in [0.4, 0.5) is 0 Å². The first-order valence-electron chi connectivity index (χ1n) is 9.97. The first-order valence-corrected chi connectivity index (χ1v) is 10.7. The molecule has 4 rings (SSSR count). The molecule has 2 N–H and O–H groups in total. The molecule has 4 aromatic rings. The van der Waals surface area contributed by atoms with Gasteiger partial charge in [0.15, 0.2) is 0 Å². The van der Waals surface area contributed by atoms with Crippen molar-refractivity contribution in [2.45, 2.75) is 26.6 Å². The Bertz CT molecular complexity index is 1250. The molecule has 0 unspecified atom stereocenters. The third kappa shape index (κ3) is 5.11. The van der Waals surface area contributed by atoms with Gasteiger partial charge in [-0.15, -0.1) is 12.4 Å². The number of rotatable bonds is 7. The van der Waals surface area contributed by atoms with E-state index < -0.39 is 5.97 Å². The SMILES string of the molecule is Cc1c(CNCc2ccc(C(=O)O)cc2)c2ccccc2n1Cc1ccc(Cl)cc1Cl.Cl. The normalized spacial score (nSPS) is 10.8. The number of aromatic carboxylic acids is 1. The lowest BCUT2D eigenvalue weighted by Gasteiger charge is -2.11. The summed E-state index contributed by atoms with van der Waals surface area (Å²) in [6.07, 6.45) is 0. The molecule has 0 atom stereocenters. The molecule has 0 amide bonds. The van der Waals surface area contributed by atoms with E-state index >= 15 is 0 Å². The number of carboxylic acids is 1. The second-order valence-corrected chi connectivity index (χ2v) is 8.35. The molecule has 166 valence electrons. The van der Waals surface area contributed by atoms with Crippen LogP contribution in [0, 0.1) is 6.92 Å². The summed E-state index contributed by atoms with van der Waals surface area (Å²) in [6, 6.07) is 20.9. The molecule has 1 aromatic heterocycles. The van der Waals surface area contributed by atoms with Crippen molar-refractivity contribution >= 4 is 52.5 Å². The molecule has 0 spiro atoms. The predicted molar refractivity (Wildman–Crippen MR) is 133 cm³/mol. The lowest BCUT2D eigenvalue weighted by atomic mass is 10.1. The third-order valence-electron chi connectivity index (χ3n) is 5.54. The maximum absolute atomic E-state index is 11.0. The number of nitrogens with zero attached hydrogens (tertiary/aromatic N) is 1. The summed E-state index contributed by atoms with van der Waals surface area (Å²) in [7, 11) is 0. The number of halogens is 3. The standard InChI is InChI=1S/C25H22Cl2N2O2.ClH/c1-16-22(14-28-13-17-6-8-18(9-7-17)25(30)31)21-4-2-3-5-24(21)29(16)15-19-10-11-20(26)12-23(19)27;/h2-12,28H,13-15H2,1H3,(H,30,31);1H. The smallest absolute Gasteiger partial charge is 0.335 e. The Labute approximate surface area is 203 Å². The Morgan fingerprint density at radius 2 is 1.72 bits per heavy atom. The second kappa shape index (κ2) is 10.4. The topological polar surface area (TPSA) is 54.3 Å². The van der Waals surface area contributed by atoms with Gasteiger partial charge in [-0.2, -0.15) is 0 Å². The van der Waals surface area contributed by atoms with Crippen LogP contribution in [0.5, 0.6) is 0 Å². The van der Waals surface area contributed by atoms with Crippen LogP contribution in [-0.2, 0) is 19.6 Å². The summed E-state index contributed by atoms with van der Waals surface area (Å²) in [5.74, 6) is -0.913. The summed E-state index contributed by atoms with van der Waals surface area (Å²) in [6.45, 7) is 4.15. The Morgan fingerprint density at radius 3 is 2.41 bits per heavy atom. The zero-order valence-electron chi connectivity index (χ0n) is 17.4. The van der Waals surface area contributed by atoms with Crippen LogP contribution >= 0.6 is 35.6 Å². The largest absolute Gasteiger partial charge is 0.478 e. The number of benzene rings is 3. The zero-order valence-corrected chi connectivity index (χ0v) is 19.8. The highest BCUT2D eigenvalue weighted by Gasteiger charge is 2.15. The molecule has 0 saturated carbocycles. The minimum atomic E-state index is -0.913. The summed E-state index contributed by atoms with van der Waals surface area (Å²) in [4.78, 5) is 11.0. The molecule has 0 saturated heterocycles. The van der Waals surface area contributed by atoms with Gasteiger partial charge in [0.1, 0.15) is 0 Å². The Hall–Kier alpha value is -2.50. The van der Waals surface area contributed by atoms with Crippen LogP contribution in [0.25, 0.3) is 10.9 Å². The molecular weight excluding hydrogens is 467 g/mol. The molecule has 0 aliphatic heterocycles. The number of para-hydroxylation sites is 1. The first-order chi connectivity index (χ1) is 14.9. The Balaban J connectivity index is 0.00000289. The van der Waals surface area contributed by atoms with Crippen LogP contribution in [0.3, 0.4) is 0 Å². The first kappa shape index (κ1) is 24.1. The monoisotopic (exact) mass is 488 g/mol. The number of nitrogens with one attached hydrogen (secondary N) is 1. The van der Waals surface area contributed by atoms with Crippen molar-refractivity contribution in [3.63, 3.8) is 0 Å². The van der Waals surface area contributed by atoms with Crippen molar-refractivity contribution in [2.75, 3.05) is 0 Å². The van der Waals surface area contributed by atoms with Crippen molar-refractivity contribution < 1.29 is 9.90 Å². The van der Waals surface area contributed by atoms with E-state index in [0.29, 0.717) is 35.2 Å². The molecular formula is C25H23Cl3N2O2. The molecule has 0 bridgehead atoms. The van der Waals surface area contributed by atoms with Gasteiger partial charge in [-0.05, 0) is 53.9 Å². The van der Waals surface area contributed by atoms with Gasteiger partial charge in [-0.25, -0.2) is 4.79 Å². The van der Waals surface area contributed by atoms with Gasteiger partial charge in [-0.1, -0.05) is 59.6 Å². The number of hydrogen-bond acceptors (Lipinski definition) is 2. The van der Waals surface area contributed by atoms with Gasteiger partial charge < -0.3 is 15.0 Å². The van der Waals surface area contributed by atoms with Crippen LogP contribution in [0.15, 0.2) is 66.7 Å². The number of aromatic nitrogens is 1. The van der Waals surface area contributed by atoms with Gasteiger partial charge in [0, 0.05) is 46.3 Å². The van der Waals surface area contributed by atoms with Crippen LogP contribution < -0.4 is 5.32 Å². The van der Waals surface area contributed by atoms with E-state index in [1.807, 2.05) is 30.3 Å². The molecule has 4 nitrogen and oxygen atoms in total. The van der Waals surface area contributed by atoms with Gasteiger partial charge in [-0.3, -0.25) is 0 Å². The van der Waals surface area contributed by atoms with Crippen LogP contribution in [-0.4, -0.2) is 15.6 Å². The zero-order chi connectivity index (χ0) is 22.0. The quantitative estimate of drug-likeness (QED) is 0.303. The second-order valence-electron chi connectivity index (χ2n) is 7.51. The molecule has 0 aliphatic carbocycles. The van der Waals surface area contributed by atoms with Crippen molar-refractivity contribution in [1.29, 1.82) is 0 Å². The molecule has 7 heteroatoms. The van der Waals surface area contributed by atoms with E-state index in [9.17, 15) is 4.79 Å². The maximum Gasteiger partial charge on any atom is 0.335 e. The maximum atomic E-state index is 11.0. The van der Waals surface area contributed by atoms with Crippen LogP contribution in [0.1, 0.15) is 32.7 Å². The van der Waals surface area contributed by atoms with Crippen molar-refractivity contribution in [1.82, 2.24) is 9.88 Å². The summed E-state index contributed by atoms with van der Waals surface area (Å²) in [5, 5.41) is 15.0. The summed E-state index contributed by atoms with van der Waals surface area (Å²) < 4.78 is 2.28. The lowest BCUT2D eigenvalue weighted by molar-refractivity contribution is 0.0697. The molecule has 0 fully saturated rings. The third-order valence-corrected chi connectivity index (χ3v) is 6.12. The van der Waals surface area contributed by atoms with Crippen molar-refractivity contribution in [3.8, 4) is 0 Å². The Morgan fingerprint density at radius 1 is 1.00 bits per heavy atom. The van der Waals surface area contributed by atoms with E-state index in [4.69, 9.17) is 28.3 Å². The molecule has 3 aromatic carbocycles. The average molecular weight is 490 g/mol. The van der Waals surface area contributed by atoms with E-state index in [0.717, 1.165) is 16.6 Å². The van der Waals surface area contributed by atoms with Gasteiger partial charge >= 0.3 is 5.97 Å². The Kier molecular flexibility index (Phi) is 7.86. The van der Waals surface area contributed by atoms with E-state index in [-0.39, 0.29) is 12.4 Å². The fraction of sp³-hybridized carbons (Fsp3) is 0.160. The molecule has 0 radical (unpaired) electrons. The molecule has 32 heavy (non-hydrogen) atoms. The van der Waals surface area contributed by atoms with Gasteiger partial charge in [0.2, 0.25) is 0 Å². The fourth-order valence-corrected chi connectivity index (χ4v) is 4.32. The number of carbonyl (C=O) groups is 1. The number of carboxylic acid groups (broad SMARTS) is 1. The minimum absolute atomic E-state index is 0. The summed E-state index contributed by atoms with van der Waals surface area (Å²) >= 11 is 12.5. The molecule has 0 aliphatic rings. The highest BCUT2D eigenvalue weighted by Crippen LogP contribution is 2.29. The van der Waals surface area contributed by atoms with Crippen molar-refractivity contribution in [3.05, 3.63) is 105 Å². The predicted octanol–water partition coefficient (Wildman–Crippen LogP) is 6.71. The minimum Gasteiger partial charge on any atom is -0.478 e. The van der Waals surface area contributed by atoms with E-state index in [1.54, 1.807) is 18.2 Å². The molecule has 1 heterocycles. The van der Waals surface area contributed by atoms with E-state index in [2.05, 4.69) is 35.0 Å². The number of fused-ring (bicyclic) bond motifs is 1. The lowest BCUT2D eigenvalue weighted by Crippen LogP contribution is -2.14. The van der Waals surface area contributed by atoms with Gasteiger partial charge in [0.25, 0.3) is 0 Å². The summed E-state index contributed by atoms with van der Waals surface area (Å²) in [5.41, 5.74) is 5.94. The average Bonchev–Trinajstić information content (AvgIpc) is 3.02. The fourth-order valence-electron chi connectivity index (χ4n) is 3.85. The highest BCUT2D eigenvalue weighted by molar-refractivity contribution is 6.35. The highest BCUT2D eigenvalue weighted by atomic mass is 35.5. The van der Waals surface area contributed by atoms with E-state index in [1.165, 1.54) is 16.6 Å². The number of hydrogen-bond donors (Lipinski definition) is 2. The van der Waals surface area contributed by atoms with Crippen LogP contribution in [0.2, 0.25) is 10.0 Å².